The van der Waals surface area contributed by atoms with E-state index in [2.05, 4.69) is 31.9 Å². The second-order valence-electron chi connectivity index (χ2n) is 2.80. The summed E-state index contributed by atoms with van der Waals surface area (Å²) in [4.78, 5) is 0. The smallest absolute Gasteiger partial charge is 0.162 e. The Hall–Kier alpha value is -0.220. The molecule has 0 amide bonds. The molecule has 70 valence electrons. The van der Waals surface area contributed by atoms with E-state index in [4.69, 9.17) is 9.47 Å². The summed E-state index contributed by atoms with van der Waals surface area (Å²) in [5, 5.41) is 0.794. The van der Waals surface area contributed by atoms with Gasteiger partial charge in [-0.05, 0) is 18.2 Å². The molecule has 1 aromatic rings. The fraction of sp³-hybridized carbons (Fsp3) is 0.333. The lowest BCUT2D eigenvalue weighted by Crippen LogP contribution is -2.30. The van der Waals surface area contributed by atoms with Gasteiger partial charge in [-0.25, -0.2) is 0 Å². The average molecular weight is 308 g/mol. The standard InChI is InChI=1S/C9H8Br2O2/c10-4-7-5-12-9-3-6(11)1-2-8(9)13-7/h1-3,7H,4-5H2. The number of hydrogen-bond acceptors (Lipinski definition) is 2. The first-order valence-electron chi connectivity index (χ1n) is 3.94. The minimum absolute atomic E-state index is 0.119. The van der Waals surface area contributed by atoms with Crippen LogP contribution in [0.3, 0.4) is 0 Å². The van der Waals surface area contributed by atoms with Crippen LogP contribution in [-0.4, -0.2) is 18.0 Å². The molecule has 0 bridgehead atoms. The maximum Gasteiger partial charge on any atom is 0.162 e. The summed E-state index contributed by atoms with van der Waals surface area (Å²) in [6.07, 6.45) is 0.119. The molecule has 0 aliphatic carbocycles. The molecular weight excluding hydrogens is 300 g/mol. The van der Waals surface area contributed by atoms with Gasteiger partial charge in [-0.2, -0.15) is 0 Å². The predicted molar refractivity (Wildman–Crippen MR) is 57.8 cm³/mol. The van der Waals surface area contributed by atoms with Gasteiger partial charge in [0.1, 0.15) is 12.7 Å². The van der Waals surface area contributed by atoms with Crippen molar-refractivity contribution in [3.05, 3.63) is 22.7 Å². The summed E-state index contributed by atoms with van der Waals surface area (Å²) in [5.74, 6) is 1.63. The van der Waals surface area contributed by atoms with Gasteiger partial charge in [-0.15, -0.1) is 0 Å². The van der Waals surface area contributed by atoms with Crippen molar-refractivity contribution in [2.45, 2.75) is 6.10 Å². The van der Waals surface area contributed by atoms with E-state index in [-0.39, 0.29) is 6.10 Å². The van der Waals surface area contributed by atoms with Crippen LogP contribution in [0.4, 0.5) is 0 Å². The third-order valence-electron chi connectivity index (χ3n) is 1.80. The minimum atomic E-state index is 0.119. The van der Waals surface area contributed by atoms with Crippen LogP contribution in [0.15, 0.2) is 22.7 Å². The molecular formula is C9H8Br2O2. The van der Waals surface area contributed by atoms with Crippen LogP contribution in [-0.2, 0) is 0 Å². The van der Waals surface area contributed by atoms with Crippen LogP contribution in [0.2, 0.25) is 0 Å². The van der Waals surface area contributed by atoms with Crippen LogP contribution in [0, 0.1) is 0 Å². The number of rotatable bonds is 1. The van der Waals surface area contributed by atoms with E-state index in [0.717, 1.165) is 21.3 Å². The molecule has 1 aliphatic heterocycles. The summed E-state index contributed by atoms with van der Waals surface area (Å²) >= 11 is 6.74. The average Bonchev–Trinajstić information content (AvgIpc) is 2.17. The molecule has 1 atom stereocenters. The highest BCUT2D eigenvalue weighted by Crippen LogP contribution is 2.34. The Morgan fingerprint density at radius 2 is 2.23 bits per heavy atom. The number of alkyl halides is 1. The van der Waals surface area contributed by atoms with E-state index in [1.54, 1.807) is 0 Å². The molecule has 1 aromatic carbocycles. The van der Waals surface area contributed by atoms with E-state index in [1.165, 1.54) is 0 Å². The van der Waals surface area contributed by atoms with Crippen molar-refractivity contribution in [3.63, 3.8) is 0 Å². The van der Waals surface area contributed by atoms with E-state index in [9.17, 15) is 0 Å². The zero-order valence-electron chi connectivity index (χ0n) is 6.80. The molecule has 2 nitrogen and oxygen atoms in total. The van der Waals surface area contributed by atoms with Crippen molar-refractivity contribution >= 4 is 31.9 Å². The van der Waals surface area contributed by atoms with Gasteiger partial charge in [0.05, 0.1) is 0 Å². The second-order valence-corrected chi connectivity index (χ2v) is 4.36. The van der Waals surface area contributed by atoms with Crippen molar-refractivity contribution < 1.29 is 9.47 Å². The highest BCUT2D eigenvalue weighted by atomic mass is 79.9. The largest absolute Gasteiger partial charge is 0.486 e. The summed E-state index contributed by atoms with van der Waals surface area (Å²) < 4.78 is 12.2. The molecule has 1 aliphatic rings. The Kier molecular flexibility index (Phi) is 2.79. The lowest BCUT2D eigenvalue weighted by molar-refractivity contribution is 0.108. The molecule has 0 N–H and O–H groups in total. The Morgan fingerprint density at radius 3 is 3.00 bits per heavy atom. The summed E-state index contributed by atoms with van der Waals surface area (Å²) in [5.41, 5.74) is 0. The Balaban J connectivity index is 2.26. The van der Waals surface area contributed by atoms with E-state index < -0.39 is 0 Å². The molecule has 4 heteroatoms. The van der Waals surface area contributed by atoms with E-state index in [1.807, 2.05) is 18.2 Å². The van der Waals surface area contributed by atoms with E-state index >= 15 is 0 Å². The van der Waals surface area contributed by atoms with Crippen LogP contribution in [0.1, 0.15) is 0 Å². The fourth-order valence-corrected chi connectivity index (χ4v) is 1.82. The summed E-state index contributed by atoms with van der Waals surface area (Å²) in [7, 11) is 0. The van der Waals surface area contributed by atoms with Gasteiger partial charge in [0.2, 0.25) is 0 Å². The lowest BCUT2D eigenvalue weighted by atomic mass is 10.3. The van der Waals surface area contributed by atoms with Gasteiger partial charge in [0, 0.05) is 9.80 Å². The van der Waals surface area contributed by atoms with E-state index in [0.29, 0.717) is 6.61 Å². The summed E-state index contributed by atoms with van der Waals surface area (Å²) in [6, 6.07) is 5.77. The monoisotopic (exact) mass is 306 g/mol. The molecule has 1 heterocycles. The third-order valence-corrected chi connectivity index (χ3v) is 3.01. The van der Waals surface area contributed by atoms with Gasteiger partial charge in [0.25, 0.3) is 0 Å². The Morgan fingerprint density at radius 1 is 1.38 bits per heavy atom. The minimum Gasteiger partial charge on any atom is -0.486 e. The van der Waals surface area contributed by atoms with Crippen molar-refractivity contribution in [2.75, 3.05) is 11.9 Å². The predicted octanol–water partition coefficient (Wildman–Crippen LogP) is 2.98. The fourth-order valence-electron chi connectivity index (χ4n) is 1.16. The normalized spacial score (nSPS) is 20.0. The van der Waals surface area contributed by atoms with Gasteiger partial charge in [0.15, 0.2) is 11.5 Å². The molecule has 0 spiro atoms. The molecule has 2 rings (SSSR count). The molecule has 13 heavy (non-hydrogen) atoms. The lowest BCUT2D eigenvalue weighted by Gasteiger charge is -2.25. The molecule has 0 fully saturated rings. The van der Waals surface area contributed by atoms with Crippen LogP contribution < -0.4 is 9.47 Å². The number of ether oxygens (including phenoxy) is 2. The maximum absolute atomic E-state index is 5.64. The number of benzene rings is 1. The summed E-state index contributed by atoms with van der Waals surface area (Å²) in [6.45, 7) is 0.606. The second kappa shape index (κ2) is 3.88. The van der Waals surface area contributed by atoms with Gasteiger partial charge >= 0.3 is 0 Å². The van der Waals surface area contributed by atoms with Crippen molar-refractivity contribution in [1.82, 2.24) is 0 Å². The van der Waals surface area contributed by atoms with Gasteiger partial charge < -0.3 is 9.47 Å². The molecule has 0 aromatic heterocycles. The first-order chi connectivity index (χ1) is 6.29. The molecule has 0 radical (unpaired) electrons. The van der Waals surface area contributed by atoms with Crippen molar-refractivity contribution in [3.8, 4) is 11.5 Å². The first-order valence-corrected chi connectivity index (χ1v) is 5.86. The zero-order valence-corrected chi connectivity index (χ0v) is 9.97. The maximum atomic E-state index is 5.64. The van der Waals surface area contributed by atoms with Crippen LogP contribution in [0.5, 0.6) is 11.5 Å². The van der Waals surface area contributed by atoms with Crippen LogP contribution in [0.25, 0.3) is 0 Å². The molecule has 0 saturated carbocycles. The SMILES string of the molecule is BrCC1COc2cc(Br)ccc2O1. The zero-order chi connectivity index (χ0) is 9.26. The van der Waals surface area contributed by atoms with Gasteiger partial charge in [-0.3, -0.25) is 0 Å². The number of fused-ring (bicyclic) bond motifs is 1. The molecule has 1 unspecified atom stereocenters. The Labute approximate surface area is 93.5 Å². The number of halogens is 2. The van der Waals surface area contributed by atoms with Crippen molar-refractivity contribution in [2.24, 2.45) is 0 Å². The highest BCUT2D eigenvalue weighted by Gasteiger charge is 2.19. The topological polar surface area (TPSA) is 18.5 Å². The third kappa shape index (κ3) is 1.99. The Bertz CT molecular complexity index is 314. The highest BCUT2D eigenvalue weighted by molar-refractivity contribution is 9.10. The first kappa shape index (κ1) is 9.34. The van der Waals surface area contributed by atoms with Crippen molar-refractivity contribution in [1.29, 1.82) is 0 Å². The van der Waals surface area contributed by atoms with Crippen LogP contribution >= 0.6 is 31.9 Å². The van der Waals surface area contributed by atoms with Gasteiger partial charge in [-0.1, -0.05) is 31.9 Å². The molecule has 0 saturated heterocycles. The number of hydrogen-bond donors (Lipinski definition) is 0. The quantitative estimate of drug-likeness (QED) is 0.743.